The topological polar surface area (TPSA) is 70.5 Å². The minimum Gasteiger partial charge on any atom is -0.481 e. The number of hydrogen-bond acceptors (Lipinski definition) is 5. The van der Waals surface area contributed by atoms with Crippen molar-refractivity contribution in [3.8, 4) is 11.1 Å². The van der Waals surface area contributed by atoms with Crippen LogP contribution >= 0.6 is 24.0 Å². The molecule has 0 bridgehead atoms. The van der Waals surface area contributed by atoms with Crippen LogP contribution in [0, 0.1) is 0 Å². The number of hydrogen-bond donors (Lipinski definition) is 1. The molecule has 132 valence electrons. The van der Waals surface area contributed by atoms with E-state index in [-0.39, 0.29) is 12.3 Å². The number of carbonyl (C=O) groups excluding carboxylic acids is 1. The van der Waals surface area contributed by atoms with Crippen LogP contribution in [0.15, 0.2) is 53.7 Å². The highest BCUT2D eigenvalue weighted by Crippen LogP contribution is 2.34. The minimum absolute atomic E-state index is 0.0108. The average molecular weight is 384 g/mol. The lowest BCUT2D eigenvalue weighted by molar-refractivity contribution is -0.137. The molecule has 2 aromatic rings. The number of pyridine rings is 1. The van der Waals surface area contributed by atoms with Gasteiger partial charge in [0.25, 0.3) is 5.91 Å². The van der Waals surface area contributed by atoms with Gasteiger partial charge < -0.3 is 5.11 Å². The molecular weight excluding hydrogens is 368 g/mol. The number of carboxylic acid groups (broad SMARTS) is 1. The van der Waals surface area contributed by atoms with E-state index in [1.54, 1.807) is 18.5 Å². The van der Waals surface area contributed by atoms with Crippen LogP contribution < -0.4 is 0 Å². The number of amides is 1. The molecule has 26 heavy (non-hydrogen) atoms. The van der Waals surface area contributed by atoms with Crippen molar-refractivity contribution >= 4 is 46.3 Å². The Balaban J connectivity index is 1.84. The van der Waals surface area contributed by atoms with Gasteiger partial charge in [-0.1, -0.05) is 54.3 Å². The third-order valence-electron chi connectivity index (χ3n) is 3.87. The normalized spacial score (nSPS) is 15.7. The van der Waals surface area contributed by atoms with Crippen molar-refractivity contribution in [1.82, 2.24) is 9.88 Å². The summed E-state index contributed by atoms with van der Waals surface area (Å²) in [7, 11) is 0. The third kappa shape index (κ3) is 4.17. The summed E-state index contributed by atoms with van der Waals surface area (Å²) < 4.78 is 0.455. The number of thiocarbonyl (C=S) groups is 1. The minimum atomic E-state index is -0.881. The van der Waals surface area contributed by atoms with Crippen LogP contribution in [-0.4, -0.2) is 37.7 Å². The third-order valence-corrected chi connectivity index (χ3v) is 5.25. The van der Waals surface area contributed by atoms with E-state index in [0.29, 0.717) is 22.2 Å². The Morgan fingerprint density at radius 2 is 2.04 bits per heavy atom. The zero-order chi connectivity index (χ0) is 18.5. The lowest BCUT2D eigenvalue weighted by atomic mass is 10.0. The van der Waals surface area contributed by atoms with Crippen molar-refractivity contribution in [3.05, 3.63) is 59.3 Å². The molecule has 7 heteroatoms. The summed E-state index contributed by atoms with van der Waals surface area (Å²) in [6, 6.07) is 11.8. The number of rotatable bonds is 6. The van der Waals surface area contributed by atoms with Crippen LogP contribution in [0.1, 0.15) is 18.4 Å². The Morgan fingerprint density at radius 1 is 1.27 bits per heavy atom. The standard InChI is InChI=1S/C19H16N2O3S2/c22-17(23)7-4-10-21-18(24)16(26-19(21)25)11-14-12-20-9-8-15(14)13-5-2-1-3-6-13/h1-3,5-6,8-9,11-12H,4,7,10H2,(H,22,23)/b16-11-. The number of aliphatic carboxylic acids is 1. The summed E-state index contributed by atoms with van der Waals surface area (Å²) in [6.45, 7) is 0.312. The molecule has 1 aliphatic heterocycles. The fraction of sp³-hybridized carbons (Fsp3) is 0.158. The van der Waals surface area contributed by atoms with Crippen molar-refractivity contribution in [1.29, 1.82) is 0 Å². The van der Waals surface area contributed by atoms with Gasteiger partial charge in [0.2, 0.25) is 0 Å². The maximum absolute atomic E-state index is 12.6. The molecule has 0 radical (unpaired) electrons. The maximum atomic E-state index is 12.6. The van der Waals surface area contributed by atoms with Crippen molar-refractivity contribution < 1.29 is 14.7 Å². The first kappa shape index (κ1) is 18.3. The molecule has 1 aliphatic rings. The van der Waals surface area contributed by atoms with Gasteiger partial charge in [-0.25, -0.2) is 0 Å². The van der Waals surface area contributed by atoms with Crippen LogP contribution in [-0.2, 0) is 9.59 Å². The molecule has 0 atom stereocenters. The summed E-state index contributed by atoms with van der Waals surface area (Å²) in [4.78, 5) is 29.4. The molecule has 0 saturated carbocycles. The molecule has 0 unspecified atom stereocenters. The summed E-state index contributed by atoms with van der Waals surface area (Å²) in [5.41, 5.74) is 2.86. The van der Waals surface area contributed by atoms with E-state index in [4.69, 9.17) is 17.3 Å². The highest BCUT2D eigenvalue weighted by molar-refractivity contribution is 8.26. The van der Waals surface area contributed by atoms with Crippen LogP contribution in [0.2, 0.25) is 0 Å². The van der Waals surface area contributed by atoms with E-state index < -0.39 is 5.97 Å². The number of aromatic nitrogens is 1. The lowest BCUT2D eigenvalue weighted by Crippen LogP contribution is -2.29. The maximum Gasteiger partial charge on any atom is 0.303 e. The van der Waals surface area contributed by atoms with Gasteiger partial charge in [0.05, 0.1) is 4.91 Å². The van der Waals surface area contributed by atoms with E-state index in [1.165, 1.54) is 16.7 Å². The van der Waals surface area contributed by atoms with E-state index >= 15 is 0 Å². The van der Waals surface area contributed by atoms with Crippen LogP contribution in [0.25, 0.3) is 17.2 Å². The van der Waals surface area contributed by atoms with Gasteiger partial charge in [0, 0.05) is 30.9 Å². The van der Waals surface area contributed by atoms with Crippen LogP contribution in [0.5, 0.6) is 0 Å². The monoisotopic (exact) mass is 384 g/mol. The highest BCUT2D eigenvalue weighted by atomic mass is 32.2. The Hall–Kier alpha value is -2.51. The highest BCUT2D eigenvalue weighted by Gasteiger charge is 2.31. The molecule has 1 amide bonds. The van der Waals surface area contributed by atoms with Gasteiger partial charge >= 0.3 is 5.97 Å². The number of carbonyl (C=O) groups is 2. The number of nitrogens with zero attached hydrogens (tertiary/aromatic N) is 2. The molecule has 1 aromatic heterocycles. The predicted molar refractivity (Wildman–Crippen MR) is 106 cm³/mol. The van der Waals surface area contributed by atoms with Crippen molar-refractivity contribution in [2.24, 2.45) is 0 Å². The van der Waals surface area contributed by atoms with E-state index in [1.807, 2.05) is 36.4 Å². The van der Waals surface area contributed by atoms with Crippen LogP contribution in [0.4, 0.5) is 0 Å². The van der Waals surface area contributed by atoms with Gasteiger partial charge in [0.15, 0.2) is 0 Å². The molecule has 0 aliphatic carbocycles. The smallest absolute Gasteiger partial charge is 0.303 e. The molecule has 1 fully saturated rings. The number of benzene rings is 1. The zero-order valence-electron chi connectivity index (χ0n) is 13.8. The van der Waals surface area contributed by atoms with Crippen LogP contribution in [0.3, 0.4) is 0 Å². The van der Waals surface area contributed by atoms with Gasteiger partial charge in [-0.3, -0.25) is 19.5 Å². The first-order valence-corrected chi connectivity index (χ1v) is 9.25. The molecule has 1 saturated heterocycles. The fourth-order valence-electron chi connectivity index (χ4n) is 2.62. The molecule has 1 N–H and O–H groups in total. The summed E-state index contributed by atoms with van der Waals surface area (Å²) >= 11 is 6.51. The van der Waals surface area contributed by atoms with Crippen molar-refractivity contribution in [2.45, 2.75) is 12.8 Å². The van der Waals surface area contributed by atoms with Gasteiger partial charge in [-0.2, -0.15) is 0 Å². The van der Waals surface area contributed by atoms with Gasteiger partial charge in [0.1, 0.15) is 4.32 Å². The molecular formula is C19H16N2O3S2. The molecule has 1 aromatic carbocycles. The summed E-state index contributed by atoms with van der Waals surface area (Å²) in [5, 5.41) is 8.74. The van der Waals surface area contributed by atoms with E-state index in [9.17, 15) is 9.59 Å². The van der Waals surface area contributed by atoms with Crippen molar-refractivity contribution in [3.63, 3.8) is 0 Å². The Bertz CT molecular complexity index is 881. The second kappa shape index (κ2) is 8.25. The van der Waals surface area contributed by atoms with Gasteiger partial charge in [-0.15, -0.1) is 0 Å². The molecule has 2 heterocycles. The number of carboxylic acids is 1. The van der Waals surface area contributed by atoms with Crippen molar-refractivity contribution in [2.75, 3.05) is 6.54 Å². The van der Waals surface area contributed by atoms with E-state index in [2.05, 4.69) is 4.98 Å². The molecule has 3 rings (SSSR count). The quantitative estimate of drug-likeness (QED) is 0.603. The summed E-state index contributed by atoms with van der Waals surface area (Å²) in [5.74, 6) is -1.07. The Kier molecular flexibility index (Phi) is 5.80. The average Bonchev–Trinajstić information content (AvgIpc) is 2.90. The SMILES string of the molecule is O=C(O)CCCN1C(=O)/C(=C/c2cnccc2-c2ccccc2)SC1=S. The van der Waals surface area contributed by atoms with E-state index in [0.717, 1.165) is 16.7 Å². The largest absolute Gasteiger partial charge is 0.481 e. The lowest BCUT2D eigenvalue weighted by Gasteiger charge is -2.13. The first-order chi connectivity index (χ1) is 12.6. The van der Waals surface area contributed by atoms with Gasteiger partial charge in [-0.05, 0) is 29.7 Å². The Morgan fingerprint density at radius 3 is 2.77 bits per heavy atom. The second-order valence-corrected chi connectivity index (χ2v) is 7.34. The summed E-state index contributed by atoms with van der Waals surface area (Å²) in [6.07, 6.45) is 5.62. The molecule has 0 spiro atoms. The first-order valence-electron chi connectivity index (χ1n) is 8.03. The second-order valence-electron chi connectivity index (χ2n) is 5.66. The predicted octanol–water partition coefficient (Wildman–Crippen LogP) is 3.81. The molecule has 5 nitrogen and oxygen atoms in total. The Labute approximate surface area is 160 Å². The number of thioether (sulfide) groups is 1. The fourth-order valence-corrected chi connectivity index (χ4v) is 3.92. The zero-order valence-corrected chi connectivity index (χ0v) is 15.4.